The van der Waals surface area contributed by atoms with Crippen LogP contribution in [0.15, 0.2) is 66.7 Å². The molecule has 158 valence electrons. The summed E-state index contributed by atoms with van der Waals surface area (Å²) in [5.41, 5.74) is 1.48. The molecule has 1 atom stereocenters. The van der Waals surface area contributed by atoms with E-state index in [1.54, 1.807) is 24.3 Å². The molecule has 0 bridgehead atoms. The van der Waals surface area contributed by atoms with Crippen LogP contribution < -0.4 is 20.3 Å². The van der Waals surface area contributed by atoms with Crippen molar-refractivity contribution in [2.45, 2.75) is 12.5 Å². The van der Waals surface area contributed by atoms with Crippen molar-refractivity contribution in [3.8, 4) is 5.75 Å². The Morgan fingerprint density at radius 1 is 1.00 bits per heavy atom. The van der Waals surface area contributed by atoms with E-state index in [1.165, 1.54) is 11.9 Å². The Morgan fingerprint density at radius 3 is 2.58 bits per heavy atom. The van der Waals surface area contributed by atoms with E-state index in [2.05, 4.69) is 10.6 Å². The normalized spacial score (nSPS) is 15.0. The number of amides is 3. The van der Waals surface area contributed by atoms with E-state index in [1.807, 2.05) is 42.5 Å². The number of para-hydroxylation sites is 2. The Kier molecular flexibility index (Phi) is 5.84. The van der Waals surface area contributed by atoms with Crippen molar-refractivity contribution in [2.75, 3.05) is 25.0 Å². The van der Waals surface area contributed by atoms with E-state index in [-0.39, 0.29) is 37.2 Å². The first-order chi connectivity index (χ1) is 15.1. The van der Waals surface area contributed by atoms with Crippen LogP contribution >= 0.6 is 0 Å². The third-order valence-corrected chi connectivity index (χ3v) is 5.28. The molecule has 1 aliphatic rings. The van der Waals surface area contributed by atoms with E-state index < -0.39 is 6.10 Å². The number of carbonyl (C=O) groups is 3. The van der Waals surface area contributed by atoms with Crippen molar-refractivity contribution in [1.82, 2.24) is 10.6 Å². The molecule has 3 aromatic carbocycles. The second kappa shape index (κ2) is 8.87. The largest absolute Gasteiger partial charge is 0.477 e. The maximum Gasteiger partial charge on any atom is 0.262 e. The van der Waals surface area contributed by atoms with Crippen molar-refractivity contribution in [3.63, 3.8) is 0 Å². The molecular formula is C24H23N3O4. The van der Waals surface area contributed by atoms with E-state index in [9.17, 15) is 14.4 Å². The minimum absolute atomic E-state index is 0.0781. The van der Waals surface area contributed by atoms with Gasteiger partial charge in [0, 0.05) is 7.05 Å². The van der Waals surface area contributed by atoms with E-state index >= 15 is 0 Å². The molecule has 0 saturated carbocycles. The van der Waals surface area contributed by atoms with Crippen LogP contribution in [0.1, 0.15) is 5.56 Å². The number of hydrogen-bond donors (Lipinski definition) is 2. The van der Waals surface area contributed by atoms with Crippen LogP contribution in [0.3, 0.4) is 0 Å². The molecule has 0 aliphatic carbocycles. The highest BCUT2D eigenvalue weighted by Crippen LogP contribution is 2.33. The number of ether oxygens (including phenoxy) is 1. The lowest BCUT2D eigenvalue weighted by Gasteiger charge is -2.34. The van der Waals surface area contributed by atoms with E-state index in [0.29, 0.717) is 11.4 Å². The molecule has 1 heterocycles. The molecule has 0 radical (unpaired) electrons. The lowest BCUT2D eigenvalue weighted by Crippen LogP contribution is -2.52. The van der Waals surface area contributed by atoms with E-state index in [4.69, 9.17) is 4.74 Å². The third kappa shape index (κ3) is 4.35. The van der Waals surface area contributed by atoms with Gasteiger partial charge in [-0.2, -0.15) is 0 Å². The van der Waals surface area contributed by atoms with Gasteiger partial charge in [0.15, 0.2) is 6.10 Å². The van der Waals surface area contributed by atoms with Gasteiger partial charge in [-0.15, -0.1) is 0 Å². The molecule has 0 fully saturated rings. The third-order valence-electron chi connectivity index (χ3n) is 5.28. The van der Waals surface area contributed by atoms with Crippen molar-refractivity contribution in [1.29, 1.82) is 0 Å². The number of rotatable bonds is 5. The molecule has 3 aromatic rings. The summed E-state index contributed by atoms with van der Waals surface area (Å²) in [6.07, 6.45) is -0.634. The van der Waals surface area contributed by atoms with Crippen molar-refractivity contribution < 1.29 is 19.1 Å². The number of anilines is 1. The number of carbonyl (C=O) groups excluding carboxylic acids is 3. The monoisotopic (exact) mass is 417 g/mol. The van der Waals surface area contributed by atoms with Crippen LogP contribution in [-0.2, 0) is 20.8 Å². The zero-order chi connectivity index (χ0) is 21.8. The number of hydrogen-bond acceptors (Lipinski definition) is 4. The SMILES string of the molecule is CNC(=O)[C@H]1CN(C(=O)CNC(=O)Cc2cccc3ccccc23)c2ccccc2O1. The highest BCUT2D eigenvalue weighted by atomic mass is 16.5. The average Bonchev–Trinajstić information content (AvgIpc) is 2.81. The van der Waals surface area contributed by atoms with Gasteiger partial charge in [-0.1, -0.05) is 54.6 Å². The smallest absolute Gasteiger partial charge is 0.262 e. The molecule has 4 rings (SSSR count). The summed E-state index contributed by atoms with van der Waals surface area (Å²) in [5.74, 6) is -0.407. The van der Waals surface area contributed by atoms with Crippen LogP contribution in [0.4, 0.5) is 5.69 Å². The summed E-state index contributed by atoms with van der Waals surface area (Å²) in [7, 11) is 1.52. The standard InChI is InChI=1S/C24H23N3O4/c1-25-24(30)21-15-27(19-11-4-5-12-20(19)31-21)23(29)14-26-22(28)13-17-9-6-8-16-7-2-3-10-18(16)17/h2-12,21H,13-15H2,1H3,(H,25,30)(H,26,28)/t21-/m1/s1. The summed E-state index contributed by atoms with van der Waals surface area (Å²) >= 11 is 0. The fourth-order valence-electron chi connectivity index (χ4n) is 3.72. The van der Waals surface area contributed by atoms with Gasteiger partial charge >= 0.3 is 0 Å². The predicted molar refractivity (Wildman–Crippen MR) is 118 cm³/mol. The van der Waals surface area contributed by atoms with Crippen LogP contribution in [0.25, 0.3) is 10.8 Å². The maximum absolute atomic E-state index is 12.9. The second-order valence-electron chi connectivity index (χ2n) is 7.28. The van der Waals surface area contributed by atoms with Gasteiger partial charge < -0.3 is 20.3 Å². The molecule has 3 amide bonds. The molecule has 31 heavy (non-hydrogen) atoms. The maximum atomic E-state index is 12.9. The lowest BCUT2D eigenvalue weighted by molar-refractivity contribution is -0.128. The topological polar surface area (TPSA) is 87.7 Å². The first-order valence-electron chi connectivity index (χ1n) is 10.1. The van der Waals surface area contributed by atoms with Gasteiger partial charge in [-0.25, -0.2) is 0 Å². The van der Waals surface area contributed by atoms with Crippen LogP contribution in [0.2, 0.25) is 0 Å². The van der Waals surface area contributed by atoms with Gasteiger partial charge in [0.05, 0.1) is 25.2 Å². The molecular weight excluding hydrogens is 394 g/mol. The summed E-state index contributed by atoms with van der Waals surface area (Å²) in [4.78, 5) is 39.0. The Balaban J connectivity index is 1.44. The van der Waals surface area contributed by atoms with E-state index in [0.717, 1.165) is 16.3 Å². The first kappa shape index (κ1) is 20.4. The number of nitrogens with zero attached hydrogens (tertiary/aromatic N) is 1. The summed E-state index contributed by atoms with van der Waals surface area (Å²) in [6.45, 7) is -0.0902. The van der Waals surface area contributed by atoms with Gasteiger partial charge in [0.2, 0.25) is 11.8 Å². The van der Waals surface area contributed by atoms with Crippen LogP contribution in [0, 0.1) is 0 Å². The minimum Gasteiger partial charge on any atom is -0.477 e. The highest BCUT2D eigenvalue weighted by Gasteiger charge is 2.33. The second-order valence-corrected chi connectivity index (χ2v) is 7.28. The summed E-state index contributed by atoms with van der Waals surface area (Å²) in [5, 5.41) is 7.34. The van der Waals surface area contributed by atoms with Gasteiger partial charge in [0.1, 0.15) is 5.75 Å². The summed E-state index contributed by atoms with van der Waals surface area (Å²) in [6, 6.07) is 20.7. The molecule has 0 unspecified atom stereocenters. The number of fused-ring (bicyclic) bond motifs is 2. The average molecular weight is 417 g/mol. The first-order valence-corrected chi connectivity index (χ1v) is 10.1. The van der Waals surface area contributed by atoms with Gasteiger partial charge in [-0.05, 0) is 28.5 Å². The van der Waals surface area contributed by atoms with Gasteiger partial charge in [0.25, 0.3) is 5.91 Å². The quantitative estimate of drug-likeness (QED) is 0.665. The zero-order valence-corrected chi connectivity index (χ0v) is 17.1. The van der Waals surface area contributed by atoms with Crippen LogP contribution in [0.5, 0.6) is 5.75 Å². The zero-order valence-electron chi connectivity index (χ0n) is 17.1. The molecule has 7 heteroatoms. The minimum atomic E-state index is -0.810. The fraction of sp³-hybridized carbons (Fsp3) is 0.208. The molecule has 1 aliphatic heterocycles. The van der Waals surface area contributed by atoms with Crippen molar-refractivity contribution in [3.05, 3.63) is 72.3 Å². The van der Waals surface area contributed by atoms with Crippen molar-refractivity contribution >= 4 is 34.2 Å². The number of nitrogens with one attached hydrogen (secondary N) is 2. The molecule has 0 spiro atoms. The molecule has 0 aromatic heterocycles. The van der Waals surface area contributed by atoms with Gasteiger partial charge in [-0.3, -0.25) is 14.4 Å². The summed E-state index contributed by atoms with van der Waals surface area (Å²) < 4.78 is 5.72. The Hall–Kier alpha value is -3.87. The molecule has 0 saturated heterocycles. The number of benzene rings is 3. The highest BCUT2D eigenvalue weighted by molar-refractivity contribution is 6.00. The Morgan fingerprint density at radius 2 is 1.74 bits per heavy atom. The van der Waals surface area contributed by atoms with Crippen molar-refractivity contribution in [2.24, 2.45) is 0 Å². The lowest BCUT2D eigenvalue weighted by atomic mass is 10.0. The molecule has 2 N–H and O–H groups in total. The fourth-order valence-corrected chi connectivity index (χ4v) is 3.72. The Bertz CT molecular complexity index is 1140. The Labute approximate surface area is 180 Å². The number of likely N-dealkylation sites (N-methyl/N-ethyl adjacent to an activating group) is 1. The molecule has 7 nitrogen and oxygen atoms in total. The van der Waals surface area contributed by atoms with Crippen LogP contribution in [-0.4, -0.2) is 44.0 Å². The predicted octanol–water partition coefficient (Wildman–Crippen LogP) is 2.04.